The summed E-state index contributed by atoms with van der Waals surface area (Å²) in [4.78, 5) is 2.18. The lowest BCUT2D eigenvalue weighted by Gasteiger charge is -2.29. The highest BCUT2D eigenvalue weighted by atomic mass is 35.5. The highest BCUT2D eigenvalue weighted by molar-refractivity contribution is 6.31. The van der Waals surface area contributed by atoms with E-state index in [0.717, 1.165) is 30.6 Å². The van der Waals surface area contributed by atoms with Crippen LogP contribution >= 0.6 is 11.6 Å². The second-order valence-electron chi connectivity index (χ2n) is 6.51. The minimum atomic E-state index is 0.324. The standard InChI is InChI=1S/C16H29ClN4/c1-5-18-15(13-8-6-7-12(13)2)16-14(17)11-19-21(16)10-9-20(3)4/h11-13,15,18H,5-10H2,1-4H3. The van der Waals surface area contributed by atoms with Gasteiger partial charge in [-0.1, -0.05) is 38.3 Å². The van der Waals surface area contributed by atoms with Gasteiger partial charge in [-0.15, -0.1) is 0 Å². The zero-order valence-electron chi connectivity index (χ0n) is 13.8. The molecule has 2 rings (SSSR count). The van der Waals surface area contributed by atoms with Gasteiger partial charge < -0.3 is 10.2 Å². The fraction of sp³-hybridized carbons (Fsp3) is 0.812. The van der Waals surface area contributed by atoms with Gasteiger partial charge in [0.15, 0.2) is 0 Å². The van der Waals surface area contributed by atoms with Crippen LogP contribution in [0.4, 0.5) is 0 Å². The van der Waals surface area contributed by atoms with Gasteiger partial charge in [0.2, 0.25) is 0 Å². The topological polar surface area (TPSA) is 33.1 Å². The van der Waals surface area contributed by atoms with Crippen molar-refractivity contribution in [3.8, 4) is 0 Å². The summed E-state index contributed by atoms with van der Waals surface area (Å²) in [6.45, 7) is 7.36. The van der Waals surface area contributed by atoms with Gasteiger partial charge in [-0.3, -0.25) is 4.68 Å². The van der Waals surface area contributed by atoms with Crippen molar-refractivity contribution in [1.29, 1.82) is 0 Å². The van der Waals surface area contributed by atoms with Crippen LogP contribution in [0.25, 0.3) is 0 Å². The number of aromatic nitrogens is 2. The predicted molar refractivity (Wildman–Crippen MR) is 88.7 cm³/mol. The first kappa shape index (κ1) is 16.8. The largest absolute Gasteiger partial charge is 0.309 e. The van der Waals surface area contributed by atoms with E-state index in [9.17, 15) is 0 Å². The lowest BCUT2D eigenvalue weighted by Crippen LogP contribution is -2.32. The monoisotopic (exact) mass is 312 g/mol. The van der Waals surface area contributed by atoms with Crippen LogP contribution in [0.2, 0.25) is 5.02 Å². The number of halogens is 1. The Bertz CT molecular complexity index is 443. The third kappa shape index (κ3) is 3.99. The predicted octanol–water partition coefficient (Wildman–Crippen LogP) is 3.18. The second kappa shape index (κ2) is 7.61. The number of nitrogens with zero attached hydrogens (tertiary/aromatic N) is 3. The molecular weight excluding hydrogens is 284 g/mol. The van der Waals surface area contributed by atoms with Gasteiger partial charge in [-0.25, -0.2) is 0 Å². The van der Waals surface area contributed by atoms with Crippen molar-refractivity contribution in [2.24, 2.45) is 11.8 Å². The van der Waals surface area contributed by atoms with E-state index in [4.69, 9.17) is 11.6 Å². The van der Waals surface area contributed by atoms with Crippen LogP contribution < -0.4 is 5.32 Å². The Morgan fingerprint density at radius 3 is 2.81 bits per heavy atom. The normalized spacial score (nSPS) is 23.9. The van der Waals surface area contributed by atoms with Crippen molar-refractivity contribution in [2.45, 2.75) is 45.7 Å². The van der Waals surface area contributed by atoms with E-state index in [1.165, 1.54) is 25.0 Å². The third-order valence-electron chi connectivity index (χ3n) is 4.67. The van der Waals surface area contributed by atoms with Crippen LogP contribution in [0.15, 0.2) is 6.20 Å². The lowest BCUT2D eigenvalue weighted by atomic mass is 9.88. The van der Waals surface area contributed by atoms with Crippen LogP contribution in [0, 0.1) is 11.8 Å². The molecule has 0 aromatic carbocycles. The first-order chi connectivity index (χ1) is 10.0. The zero-order chi connectivity index (χ0) is 15.4. The average molecular weight is 313 g/mol. The van der Waals surface area contributed by atoms with Gasteiger partial charge in [-0.2, -0.15) is 5.10 Å². The molecule has 5 heteroatoms. The molecule has 1 aromatic rings. The quantitative estimate of drug-likeness (QED) is 0.839. The van der Waals surface area contributed by atoms with E-state index >= 15 is 0 Å². The summed E-state index contributed by atoms with van der Waals surface area (Å²) in [7, 11) is 4.18. The summed E-state index contributed by atoms with van der Waals surface area (Å²) in [6, 6.07) is 0.324. The van der Waals surface area contributed by atoms with E-state index in [2.05, 4.69) is 47.9 Å². The molecule has 3 atom stereocenters. The van der Waals surface area contributed by atoms with Crippen molar-refractivity contribution in [1.82, 2.24) is 20.0 Å². The number of hydrogen-bond donors (Lipinski definition) is 1. The third-order valence-corrected chi connectivity index (χ3v) is 4.96. The second-order valence-corrected chi connectivity index (χ2v) is 6.92. The Hall–Kier alpha value is -0.580. The molecule has 1 N–H and O–H groups in total. The number of hydrogen-bond acceptors (Lipinski definition) is 3. The first-order valence-corrected chi connectivity index (χ1v) is 8.51. The summed E-state index contributed by atoms with van der Waals surface area (Å²) in [5.74, 6) is 1.42. The molecule has 0 radical (unpaired) electrons. The van der Waals surface area contributed by atoms with Crippen LogP contribution in [-0.4, -0.2) is 41.9 Å². The molecule has 1 aliphatic rings. The molecule has 1 fully saturated rings. The van der Waals surface area contributed by atoms with Gasteiger partial charge in [0.05, 0.1) is 29.5 Å². The summed E-state index contributed by atoms with van der Waals surface area (Å²) in [5, 5.41) is 8.98. The van der Waals surface area contributed by atoms with Gasteiger partial charge in [0.25, 0.3) is 0 Å². The fourth-order valence-corrected chi connectivity index (χ4v) is 3.75. The van der Waals surface area contributed by atoms with E-state index in [-0.39, 0.29) is 0 Å². The molecule has 0 amide bonds. The summed E-state index contributed by atoms with van der Waals surface area (Å²) < 4.78 is 2.10. The minimum Gasteiger partial charge on any atom is -0.309 e. The molecule has 0 saturated heterocycles. The molecule has 1 saturated carbocycles. The highest BCUT2D eigenvalue weighted by Crippen LogP contribution is 2.41. The zero-order valence-corrected chi connectivity index (χ0v) is 14.5. The Morgan fingerprint density at radius 2 is 2.24 bits per heavy atom. The van der Waals surface area contributed by atoms with E-state index in [0.29, 0.717) is 12.0 Å². The maximum atomic E-state index is 6.48. The van der Waals surface area contributed by atoms with E-state index in [1.54, 1.807) is 6.20 Å². The van der Waals surface area contributed by atoms with Gasteiger partial charge in [-0.05, 0) is 38.9 Å². The van der Waals surface area contributed by atoms with Gasteiger partial charge >= 0.3 is 0 Å². The maximum Gasteiger partial charge on any atom is 0.0834 e. The van der Waals surface area contributed by atoms with Crippen molar-refractivity contribution >= 4 is 11.6 Å². The van der Waals surface area contributed by atoms with Crippen molar-refractivity contribution < 1.29 is 0 Å². The molecule has 1 aromatic heterocycles. The molecule has 0 aliphatic heterocycles. The van der Waals surface area contributed by atoms with E-state index in [1.807, 2.05) is 0 Å². The van der Waals surface area contributed by atoms with Crippen LogP contribution in [-0.2, 0) is 6.54 Å². The Labute approximate surface area is 133 Å². The fourth-order valence-electron chi connectivity index (χ4n) is 3.49. The van der Waals surface area contributed by atoms with Gasteiger partial charge in [0, 0.05) is 6.54 Å². The Morgan fingerprint density at radius 1 is 1.48 bits per heavy atom. The van der Waals surface area contributed by atoms with Gasteiger partial charge in [0.1, 0.15) is 0 Å². The number of likely N-dealkylation sites (N-methyl/N-ethyl adjacent to an activating group) is 1. The van der Waals surface area contributed by atoms with Crippen LogP contribution in [0.3, 0.4) is 0 Å². The van der Waals surface area contributed by atoms with E-state index < -0.39 is 0 Å². The molecule has 21 heavy (non-hydrogen) atoms. The average Bonchev–Trinajstić information content (AvgIpc) is 3.00. The Balaban J connectivity index is 2.24. The van der Waals surface area contributed by atoms with Crippen molar-refractivity contribution in [3.05, 3.63) is 16.9 Å². The molecule has 1 heterocycles. The van der Waals surface area contributed by atoms with Crippen molar-refractivity contribution in [3.63, 3.8) is 0 Å². The molecule has 3 unspecified atom stereocenters. The first-order valence-electron chi connectivity index (χ1n) is 8.13. The highest BCUT2D eigenvalue weighted by Gasteiger charge is 2.34. The van der Waals surface area contributed by atoms with Crippen LogP contribution in [0.1, 0.15) is 44.8 Å². The van der Waals surface area contributed by atoms with Crippen molar-refractivity contribution in [2.75, 3.05) is 27.2 Å². The Kier molecular flexibility index (Phi) is 6.08. The molecule has 4 nitrogen and oxygen atoms in total. The molecule has 1 aliphatic carbocycles. The minimum absolute atomic E-state index is 0.324. The smallest absolute Gasteiger partial charge is 0.0834 e. The summed E-state index contributed by atoms with van der Waals surface area (Å²) >= 11 is 6.48. The molecule has 0 bridgehead atoms. The van der Waals surface area contributed by atoms with Crippen LogP contribution in [0.5, 0.6) is 0 Å². The summed E-state index contributed by atoms with van der Waals surface area (Å²) in [6.07, 6.45) is 5.75. The SMILES string of the molecule is CCNC(c1c(Cl)cnn1CCN(C)C)C1CCCC1C. The number of nitrogens with one attached hydrogen (secondary N) is 1. The lowest BCUT2D eigenvalue weighted by molar-refractivity contribution is 0.285. The number of rotatable bonds is 7. The molecule has 120 valence electrons. The molecule has 0 spiro atoms. The maximum absolute atomic E-state index is 6.48. The molecular formula is C16H29ClN4. The summed E-state index contributed by atoms with van der Waals surface area (Å²) in [5.41, 5.74) is 1.18.